The van der Waals surface area contributed by atoms with Crippen molar-refractivity contribution in [1.29, 1.82) is 0 Å². The second kappa shape index (κ2) is 7.05. The molecular formula is C7H18AsNO7. The molecule has 0 aromatic heterocycles. The first-order valence-electron chi connectivity index (χ1n) is 4.28. The first-order valence-corrected chi connectivity index (χ1v) is 7.56. The Labute approximate surface area is 96.7 Å². The Morgan fingerprint density at radius 3 is 1.81 bits per heavy atom. The molecule has 8 nitrogen and oxygen atoms in total. The Bertz CT molecular complexity index is 248. The van der Waals surface area contributed by atoms with E-state index < -0.39 is 26.6 Å². The molecular weight excluding hydrogens is 285 g/mol. The summed E-state index contributed by atoms with van der Waals surface area (Å²) in [6.45, 7) is 0.425. The zero-order valence-corrected chi connectivity index (χ0v) is 11.3. The van der Waals surface area contributed by atoms with E-state index in [0.29, 0.717) is 11.0 Å². The molecule has 0 aliphatic heterocycles. The van der Waals surface area contributed by atoms with E-state index >= 15 is 0 Å². The zero-order valence-electron chi connectivity index (χ0n) is 9.40. The van der Waals surface area contributed by atoms with Gasteiger partial charge in [0.1, 0.15) is 12.6 Å². The number of quaternary nitrogens is 1. The van der Waals surface area contributed by atoms with Crippen molar-refractivity contribution >= 4 is 20.5 Å². The van der Waals surface area contributed by atoms with Crippen LogP contribution in [0.4, 0.5) is 0 Å². The van der Waals surface area contributed by atoms with Crippen molar-refractivity contribution < 1.29 is 35.5 Å². The predicted molar refractivity (Wildman–Crippen MR) is 51.6 cm³/mol. The third-order valence-electron chi connectivity index (χ3n) is 1.16. The molecule has 0 rings (SSSR count). The third-order valence-corrected chi connectivity index (χ3v) is 1.16. The molecule has 0 aromatic rings. The number of hydrogen-bond acceptors (Lipinski definition) is 4. The van der Waals surface area contributed by atoms with Gasteiger partial charge in [-0.05, 0) is 0 Å². The Balaban J connectivity index is 0. The van der Waals surface area contributed by atoms with Gasteiger partial charge in [0, 0.05) is 12.4 Å². The van der Waals surface area contributed by atoms with Crippen molar-refractivity contribution in [3.05, 3.63) is 0 Å². The Morgan fingerprint density at radius 2 is 1.62 bits per heavy atom. The number of carbonyl (C=O) groups excluding carboxylic acids is 1. The summed E-state index contributed by atoms with van der Waals surface area (Å²) < 4.78 is 31.2. The first kappa shape index (κ1) is 18.0. The average Bonchev–Trinajstić information content (AvgIpc) is 1.72. The van der Waals surface area contributed by atoms with Gasteiger partial charge >= 0.3 is 30.5 Å². The molecule has 0 saturated heterocycles. The van der Waals surface area contributed by atoms with Crippen LogP contribution in [0.25, 0.3) is 0 Å². The maximum absolute atomic E-state index is 10.0. The fourth-order valence-electron chi connectivity index (χ4n) is 0.889. The SMILES string of the molecule is C[N+](C)(C)CC(O)CC(=O)[O-].O=[As](O)(O)O. The standard InChI is InChI=1S/C7H15NO3.AsH3O4/c1-8(2,3)5-6(9)4-7(10)11;2-1(3,4)5/h6,9H,4-5H2,1-3H3;(H3,2,3,4,5). The fourth-order valence-corrected chi connectivity index (χ4v) is 0.889. The fraction of sp³-hybridized carbons (Fsp3) is 0.857. The van der Waals surface area contributed by atoms with E-state index in [9.17, 15) is 9.90 Å². The van der Waals surface area contributed by atoms with Gasteiger partial charge in [-0.25, -0.2) is 0 Å². The normalized spacial score (nSPS) is 13.7. The summed E-state index contributed by atoms with van der Waals surface area (Å²) in [7, 11) is 5.66. The Hall–Kier alpha value is -0.372. The van der Waals surface area contributed by atoms with Gasteiger partial charge in [-0.2, -0.15) is 0 Å². The number of aliphatic hydroxyl groups excluding tert-OH is 1. The van der Waals surface area contributed by atoms with Crippen LogP contribution in [0.3, 0.4) is 0 Å². The van der Waals surface area contributed by atoms with Crippen molar-refractivity contribution in [2.75, 3.05) is 27.7 Å². The Kier molecular flexibility index (Phi) is 7.94. The van der Waals surface area contributed by atoms with Crippen LogP contribution >= 0.6 is 0 Å². The third kappa shape index (κ3) is 29.2. The van der Waals surface area contributed by atoms with Crippen molar-refractivity contribution in [3.8, 4) is 0 Å². The molecule has 0 amide bonds. The number of likely N-dealkylation sites (N-methyl/N-ethyl adjacent to an activating group) is 1. The van der Waals surface area contributed by atoms with Crippen LogP contribution in [0.5, 0.6) is 0 Å². The molecule has 0 bridgehead atoms. The van der Waals surface area contributed by atoms with E-state index in [1.807, 2.05) is 21.1 Å². The minimum absolute atomic E-state index is 0.282. The number of carboxylic acid groups (broad SMARTS) is 1. The number of nitrogens with zero attached hydrogens (tertiary/aromatic N) is 1. The molecule has 0 spiro atoms. The molecule has 0 radical (unpaired) electrons. The van der Waals surface area contributed by atoms with E-state index in [1.165, 1.54) is 0 Å². The molecule has 1 atom stereocenters. The maximum atomic E-state index is 10.0. The van der Waals surface area contributed by atoms with Gasteiger partial charge in [-0.15, -0.1) is 0 Å². The summed E-state index contributed by atoms with van der Waals surface area (Å²) in [5, 5.41) is 19.1. The van der Waals surface area contributed by atoms with E-state index in [0.717, 1.165) is 0 Å². The number of carbonyl (C=O) groups is 1. The van der Waals surface area contributed by atoms with Crippen LogP contribution in [0.15, 0.2) is 0 Å². The molecule has 0 aliphatic rings. The number of aliphatic hydroxyl groups is 1. The molecule has 0 fully saturated rings. The second-order valence-electron chi connectivity index (χ2n) is 4.22. The monoisotopic (exact) mass is 303 g/mol. The summed E-state index contributed by atoms with van der Waals surface area (Å²) in [6, 6.07) is 0. The van der Waals surface area contributed by atoms with Gasteiger partial charge in [-0.1, -0.05) is 0 Å². The minimum atomic E-state index is -5.12. The summed E-state index contributed by atoms with van der Waals surface area (Å²) in [5.74, 6) is -1.20. The molecule has 98 valence electrons. The second-order valence-corrected chi connectivity index (χ2v) is 6.37. The summed E-state index contributed by atoms with van der Waals surface area (Å²) in [6.07, 6.45) is -1.09. The van der Waals surface area contributed by atoms with Crippen LogP contribution in [-0.2, 0) is 8.53 Å². The molecule has 0 aromatic carbocycles. The van der Waals surface area contributed by atoms with Gasteiger partial charge < -0.3 is 19.5 Å². The molecule has 0 saturated carbocycles. The van der Waals surface area contributed by atoms with Gasteiger partial charge in [0.2, 0.25) is 0 Å². The molecule has 0 heterocycles. The number of rotatable bonds is 4. The van der Waals surface area contributed by atoms with Crippen molar-refractivity contribution in [2.45, 2.75) is 12.5 Å². The van der Waals surface area contributed by atoms with Crippen LogP contribution in [0.2, 0.25) is 0 Å². The Morgan fingerprint density at radius 1 is 1.31 bits per heavy atom. The van der Waals surface area contributed by atoms with Crippen molar-refractivity contribution in [1.82, 2.24) is 0 Å². The quantitative estimate of drug-likeness (QED) is 0.307. The van der Waals surface area contributed by atoms with Crippen molar-refractivity contribution in [2.24, 2.45) is 0 Å². The van der Waals surface area contributed by atoms with Crippen LogP contribution in [0.1, 0.15) is 6.42 Å². The van der Waals surface area contributed by atoms with Gasteiger partial charge in [0.25, 0.3) is 0 Å². The first-order chi connectivity index (χ1) is 6.81. The average molecular weight is 303 g/mol. The summed E-state index contributed by atoms with van der Waals surface area (Å²) >= 11 is -5.12. The van der Waals surface area contributed by atoms with E-state index in [-0.39, 0.29) is 6.42 Å². The molecule has 1 unspecified atom stereocenters. The predicted octanol–water partition coefficient (Wildman–Crippen LogP) is -3.98. The van der Waals surface area contributed by atoms with E-state index in [4.69, 9.17) is 21.1 Å². The topological polar surface area (TPSA) is 138 Å². The van der Waals surface area contributed by atoms with Gasteiger partial charge in [0.15, 0.2) is 0 Å². The van der Waals surface area contributed by atoms with Crippen LogP contribution in [-0.4, -0.2) is 76.2 Å². The van der Waals surface area contributed by atoms with E-state index in [2.05, 4.69) is 0 Å². The summed E-state index contributed by atoms with van der Waals surface area (Å²) in [5.41, 5.74) is 0. The molecule has 9 heteroatoms. The van der Waals surface area contributed by atoms with Crippen LogP contribution in [0, 0.1) is 0 Å². The van der Waals surface area contributed by atoms with Crippen molar-refractivity contribution in [3.63, 3.8) is 0 Å². The zero-order chi connectivity index (χ0) is 13.6. The number of carboxylic acids is 1. The van der Waals surface area contributed by atoms with Crippen LogP contribution < -0.4 is 5.11 Å². The molecule has 4 N–H and O–H groups in total. The summed E-state index contributed by atoms with van der Waals surface area (Å²) in [4.78, 5) is 10.0. The van der Waals surface area contributed by atoms with E-state index in [1.54, 1.807) is 0 Å². The van der Waals surface area contributed by atoms with Gasteiger partial charge in [0.05, 0.1) is 21.1 Å². The number of aliphatic carboxylic acids is 1. The number of hydrogen-bond donors (Lipinski definition) is 4. The van der Waals surface area contributed by atoms with Gasteiger partial charge in [-0.3, -0.25) is 0 Å². The molecule has 0 aliphatic carbocycles. The molecule has 16 heavy (non-hydrogen) atoms.